The van der Waals surface area contributed by atoms with Gasteiger partial charge in [-0.05, 0) is 74.1 Å². The maximum Gasteiger partial charge on any atom is 0.424 e. The van der Waals surface area contributed by atoms with Crippen molar-refractivity contribution in [3.63, 3.8) is 0 Å². The molecular formula is C32H29F4N5O5. The Morgan fingerprint density at radius 2 is 1.85 bits per heavy atom. The molecule has 46 heavy (non-hydrogen) atoms. The van der Waals surface area contributed by atoms with Crippen LogP contribution in [0, 0.1) is 11.7 Å². The van der Waals surface area contributed by atoms with E-state index in [0.29, 0.717) is 24.3 Å². The van der Waals surface area contributed by atoms with Crippen LogP contribution in [0.4, 0.5) is 17.6 Å². The first kappa shape index (κ1) is 30.0. The largest absolute Gasteiger partial charge is 0.489 e. The number of aliphatic hydroxyl groups is 1. The number of rotatable bonds is 9. The summed E-state index contributed by atoms with van der Waals surface area (Å²) in [5.74, 6) is -2.03. The summed E-state index contributed by atoms with van der Waals surface area (Å²) in [5, 5.41) is 18.1. The zero-order valence-corrected chi connectivity index (χ0v) is 24.5. The lowest BCUT2D eigenvalue weighted by atomic mass is 9.76. The van der Waals surface area contributed by atoms with Crippen LogP contribution < -0.4 is 20.5 Å². The van der Waals surface area contributed by atoms with E-state index in [-0.39, 0.29) is 46.5 Å². The van der Waals surface area contributed by atoms with Gasteiger partial charge >= 0.3 is 6.18 Å². The van der Waals surface area contributed by atoms with E-state index in [9.17, 15) is 32.3 Å². The standard InChI is InChI=1S/C32H29F4N5O5/c1-45-25-11-18(10-21-12-23(16-2-3-16)40-41(21)25)28(42)38-14-31(44,32(34,35)36)24-13-22-27(26(39-24)17-4-8-20(33)9-5-17)46-15-30(22,29(37)43)19-6-7-19/h4-5,8-13,16,19,44H,2-3,6-7,14-15H2,1H3,(H2,37,43)(H,38,42)/t30-,31+/m1/s1. The smallest absolute Gasteiger partial charge is 0.424 e. The summed E-state index contributed by atoms with van der Waals surface area (Å²) in [6, 6.07) is 10.4. The number of hydrogen-bond acceptors (Lipinski definition) is 7. The second-order valence-electron chi connectivity index (χ2n) is 12.1. The van der Waals surface area contributed by atoms with Crippen LogP contribution in [0.25, 0.3) is 16.8 Å². The molecule has 2 aliphatic carbocycles. The molecule has 14 heteroatoms. The van der Waals surface area contributed by atoms with Crippen molar-refractivity contribution in [2.75, 3.05) is 20.3 Å². The van der Waals surface area contributed by atoms with Gasteiger partial charge in [0.1, 0.15) is 29.3 Å². The Morgan fingerprint density at radius 3 is 2.46 bits per heavy atom. The number of carbonyl (C=O) groups excluding carboxylic acids is 2. The average Bonchev–Trinajstić information content (AvgIpc) is 3.97. The van der Waals surface area contributed by atoms with Crippen molar-refractivity contribution in [3.8, 4) is 22.9 Å². The summed E-state index contributed by atoms with van der Waals surface area (Å²) in [5.41, 5.74) is 1.24. The van der Waals surface area contributed by atoms with E-state index in [4.69, 9.17) is 15.2 Å². The van der Waals surface area contributed by atoms with Gasteiger partial charge in [-0.15, -0.1) is 0 Å². The van der Waals surface area contributed by atoms with Gasteiger partial charge in [-0.25, -0.2) is 13.9 Å². The van der Waals surface area contributed by atoms with Crippen LogP contribution in [-0.2, 0) is 15.8 Å². The number of ether oxygens (including phenoxy) is 2. The highest BCUT2D eigenvalue weighted by molar-refractivity contribution is 5.96. The third-order valence-corrected chi connectivity index (χ3v) is 9.14. The van der Waals surface area contributed by atoms with Crippen LogP contribution in [0.1, 0.15) is 58.9 Å². The summed E-state index contributed by atoms with van der Waals surface area (Å²) in [6.45, 7) is -1.54. The summed E-state index contributed by atoms with van der Waals surface area (Å²) in [7, 11) is 1.38. The Labute approximate surface area is 259 Å². The summed E-state index contributed by atoms with van der Waals surface area (Å²) in [4.78, 5) is 30.4. The molecule has 0 unspecified atom stereocenters. The van der Waals surface area contributed by atoms with Crippen molar-refractivity contribution in [3.05, 3.63) is 76.9 Å². The van der Waals surface area contributed by atoms with Crippen LogP contribution in [0.5, 0.6) is 11.6 Å². The van der Waals surface area contributed by atoms with Gasteiger partial charge in [0.05, 0.1) is 30.6 Å². The quantitative estimate of drug-likeness (QED) is 0.234. The number of hydrogen-bond donors (Lipinski definition) is 3. The van der Waals surface area contributed by atoms with E-state index in [1.807, 2.05) is 0 Å². The fourth-order valence-electron chi connectivity index (χ4n) is 6.20. The Kier molecular flexibility index (Phi) is 6.78. The highest BCUT2D eigenvalue weighted by Crippen LogP contribution is 2.56. The molecule has 0 radical (unpaired) electrons. The molecule has 2 atom stereocenters. The molecule has 2 saturated carbocycles. The van der Waals surface area contributed by atoms with Crippen LogP contribution in [0.2, 0.25) is 0 Å². The molecular weight excluding hydrogens is 610 g/mol. The monoisotopic (exact) mass is 639 g/mol. The molecule has 0 bridgehead atoms. The van der Waals surface area contributed by atoms with Gasteiger partial charge in [0.25, 0.3) is 5.91 Å². The summed E-state index contributed by atoms with van der Waals surface area (Å²) in [6.07, 6.45) is -2.17. The maximum atomic E-state index is 14.9. The molecule has 10 nitrogen and oxygen atoms in total. The molecule has 4 aromatic rings. The Morgan fingerprint density at radius 1 is 1.13 bits per heavy atom. The van der Waals surface area contributed by atoms with E-state index in [0.717, 1.165) is 36.7 Å². The number of primary amides is 1. The molecule has 4 N–H and O–H groups in total. The highest BCUT2D eigenvalue weighted by atomic mass is 19.4. The van der Waals surface area contributed by atoms with Crippen LogP contribution in [-0.4, -0.2) is 58.0 Å². The molecule has 3 aromatic heterocycles. The fourth-order valence-corrected chi connectivity index (χ4v) is 6.20. The van der Waals surface area contributed by atoms with Gasteiger partial charge in [-0.2, -0.15) is 18.3 Å². The molecule has 2 amide bonds. The lowest BCUT2D eigenvalue weighted by Crippen LogP contribution is -2.52. The van der Waals surface area contributed by atoms with Crippen molar-refractivity contribution in [1.82, 2.24) is 19.9 Å². The number of amides is 2. The number of benzene rings is 1. The molecule has 2 fully saturated rings. The van der Waals surface area contributed by atoms with E-state index < -0.39 is 47.1 Å². The number of alkyl halides is 3. The second-order valence-corrected chi connectivity index (χ2v) is 12.1. The number of pyridine rings is 2. The van der Waals surface area contributed by atoms with Crippen LogP contribution >= 0.6 is 0 Å². The Hall–Kier alpha value is -4.72. The molecule has 0 saturated heterocycles. The van der Waals surface area contributed by atoms with Crippen LogP contribution in [0.3, 0.4) is 0 Å². The van der Waals surface area contributed by atoms with E-state index >= 15 is 0 Å². The van der Waals surface area contributed by atoms with E-state index in [1.54, 1.807) is 6.07 Å². The van der Waals surface area contributed by atoms with Gasteiger partial charge in [0.2, 0.25) is 17.4 Å². The van der Waals surface area contributed by atoms with Crippen molar-refractivity contribution in [2.24, 2.45) is 11.7 Å². The molecule has 240 valence electrons. The lowest BCUT2D eigenvalue weighted by Gasteiger charge is -2.32. The van der Waals surface area contributed by atoms with Crippen LogP contribution in [0.15, 0.2) is 48.5 Å². The summed E-state index contributed by atoms with van der Waals surface area (Å²) >= 11 is 0. The Balaban J connectivity index is 1.29. The van der Waals surface area contributed by atoms with Crippen molar-refractivity contribution in [2.45, 2.75) is 48.8 Å². The molecule has 1 aromatic carbocycles. The average molecular weight is 640 g/mol. The van der Waals surface area contributed by atoms with Crippen molar-refractivity contribution in [1.29, 1.82) is 0 Å². The number of carbonyl (C=O) groups is 2. The number of fused-ring (bicyclic) bond motifs is 2. The predicted molar refractivity (Wildman–Crippen MR) is 155 cm³/mol. The first-order chi connectivity index (χ1) is 21.9. The van der Waals surface area contributed by atoms with Crippen molar-refractivity contribution < 1.29 is 41.7 Å². The van der Waals surface area contributed by atoms with E-state index in [2.05, 4.69) is 15.4 Å². The number of nitrogens with two attached hydrogens (primary N) is 1. The lowest BCUT2D eigenvalue weighted by molar-refractivity contribution is -0.265. The minimum absolute atomic E-state index is 0.0140. The number of methoxy groups -OCH3 is 1. The molecule has 3 aliphatic rings. The van der Waals surface area contributed by atoms with Crippen molar-refractivity contribution >= 4 is 17.3 Å². The van der Waals surface area contributed by atoms with Gasteiger partial charge in [-0.3, -0.25) is 9.59 Å². The summed E-state index contributed by atoms with van der Waals surface area (Å²) < 4.78 is 71.1. The topological polar surface area (TPSA) is 141 Å². The minimum Gasteiger partial charge on any atom is -0.489 e. The zero-order chi connectivity index (χ0) is 32.6. The van der Waals surface area contributed by atoms with Gasteiger partial charge in [0, 0.05) is 28.7 Å². The minimum atomic E-state index is -5.34. The van der Waals surface area contributed by atoms with Gasteiger partial charge in [0.15, 0.2) is 0 Å². The first-order valence-corrected chi connectivity index (χ1v) is 14.8. The van der Waals surface area contributed by atoms with E-state index in [1.165, 1.54) is 35.9 Å². The maximum absolute atomic E-state index is 14.9. The SMILES string of the molecule is COc1cc(C(=O)NC[C@](O)(c2cc3c(c(-c4ccc(F)cc4)n2)OC[C@@]3(C(N)=O)C2CC2)C(F)(F)F)cc2cc(C3CC3)nn12. The number of halogens is 4. The van der Waals surface area contributed by atoms with Gasteiger partial charge < -0.3 is 25.6 Å². The van der Waals surface area contributed by atoms with Gasteiger partial charge in [-0.1, -0.05) is 0 Å². The predicted octanol–water partition coefficient (Wildman–Crippen LogP) is 4.13. The second kappa shape index (κ2) is 10.4. The molecule has 4 heterocycles. The number of nitrogens with zero attached hydrogens (tertiary/aromatic N) is 3. The fraction of sp³-hybridized carbons (Fsp3) is 0.375. The normalized spacial score (nSPS) is 20.6. The number of nitrogens with one attached hydrogen (secondary N) is 1. The third kappa shape index (κ3) is 4.73. The molecule has 7 rings (SSSR count). The Bertz CT molecular complexity index is 1890. The molecule has 0 spiro atoms. The third-order valence-electron chi connectivity index (χ3n) is 9.14. The highest BCUT2D eigenvalue weighted by Gasteiger charge is 2.60. The molecule has 1 aliphatic heterocycles. The first-order valence-electron chi connectivity index (χ1n) is 14.8. The zero-order valence-electron chi connectivity index (χ0n) is 24.5. The number of aromatic nitrogens is 3.